The number of aromatic hydroxyl groups is 1. The lowest BCUT2D eigenvalue weighted by atomic mass is 10.1. The summed E-state index contributed by atoms with van der Waals surface area (Å²) in [6, 6.07) is 10.0. The van der Waals surface area contributed by atoms with Crippen molar-refractivity contribution in [3.05, 3.63) is 53.9 Å². The van der Waals surface area contributed by atoms with E-state index in [-0.39, 0.29) is 0 Å². The van der Waals surface area contributed by atoms with Crippen LogP contribution in [-0.4, -0.2) is 16.1 Å². The van der Waals surface area contributed by atoms with E-state index in [0.29, 0.717) is 11.8 Å². The average Bonchev–Trinajstić information content (AvgIpc) is 2.89. The van der Waals surface area contributed by atoms with Gasteiger partial charge in [-0.05, 0) is 49.1 Å². The van der Waals surface area contributed by atoms with E-state index in [1.165, 1.54) is 11.1 Å². The number of aromatic nitrogens is 1. The monoisotopic (exact) mass is 244 g/mol. The first-order valence-electron chi connectivity index (χ1n) is 6.37. The molecular weight excluding hydrogens is 224 g/mol. The normalized spacial score (nSPS) is 12.5. The van der Waals surface area contributed by atoms with Crippen LogP contribution in [0.15, 0.2) is 42.7 Å². The molecule has 0 radical (unpaired) electrons. The van der Waals surface area contributed by atoms with Crippen LogP contribution in [0.4, 0.5) is 0 Å². The topological polar surface area (TPSA) is 48.0 Å². The minimum absolute atomic E-state index is 0.331. The highest BCUT2D eigenvalue weighted by atomic mass is 16.3. The molecule has 1 aromatic carbocycles. The maximum atomic E-state index is 9.21. The summed E-state index contributed by atoms with van der Waals surface area (Å²) >= 11 is 0. The van der Waals surface area contributed by atoms with Crippen LogP contribution in [0.25, 0.3) is 0 Å². The Morgan fingerprint density at radius 1 is 1.17 bits per heavy atom. The number of H-pyrrole nitrogens is 1. The number of nitrogens with one attached hydrogen (secondary N) is 2. The first-order chi connectivity index (χ1) is 8.74. The molecule has 0 aliphatic heterocycles. The van der Waals surface area contributed by atoms with Crippen molar-refractivity contribution < 1.29 is 5.11 Å². The Morgan fingerprint density at radius 2 is 1.94 bits per heavy atom. The fraction of sp³-hybridized carbons (Fsp3) is 0.333. The van der Waals surface area contributed by atoms with Crippen molar-refractivity contribution in [2.75, 3.05) is 0 Å². The molecule has 2 aromatic rings. The summed E-state index contributed by atoms with van der Waals surface area (Å²) in [4.78, 5) is 3.05. The molecule has 1 atom stereocenters. The zero-order valence-corrected chi connectivity index (χ0v) is 10.7. The van der Waals surface area contributed by atoms with Gasteiger partial charge in [-0.1, -0.05) is 12.1 Å². The van der Waals surface area contributed by atoms with Gasteiger partial charge in [-0.25, -0.2) is 0 Å². The van der Waals surface area contributed by atoms with Crippen molar-refractivity contribution >= 4 is 0 Å². The van der Waals surface area contributed by atoms with Crippen LogP contribution in [0.1, 0.15) is 24.5 Å². The number of phenolic OH excluding ortho intramolecular Hbond substituents is 1. The maximum Gasteiger partial charge on any atom is 0.115 e. The molecule has 3 nitrogen and oxygen atoms in total. The highest BCUT2D eigenvalue weighted by molar-refractivity contribution is 5.25. The molecular formula is C15H20N2O. The molecule has 0 aliphatic carbocycles. The molecule has 0 spiro atoms. The van der Waals surface area contributed by atoms with Crippen LogP contribution in [0.2, 0.25) is 0 Å². The van der Waals surface area contributed by atoms with Gasteiger partial charge in [-0.15, -0.1) is 0 Å². The molecule has 0 saturated carbocycles. The van der Waals surface area contributed by atoms with Crippen molar-refractivity contribution in [2.45, 2.75) is 32.4 Å². The summed E-state index contributed by atoms with van der Waals surface area (Å²) in [5.41, 5.74) is 2.55. The largest absolute Gasteiger partial charge is 0.508 e. The summed E-state index contributed by atoms with van der Waals surface area (Å²) in [5.74, 6) is 0.331. The molecule has 1 aromatic heterocycles. The fourth-order valence-corrected chi connectivity index (χ4v) is 1.91. The van der Waals surface area contributed by atoms with E-state index in [0.717, 1.165) is 19.4 Å². The van der Waals surface area contributed by atoms with Crippen molar-refractivity contribution in [2.24, 2.45) is 0 Å². The molecule has 0 bridgehead atoms. The maximum absolute atomic E-state index is 9.21. The van der Waals surface area contributed by atoms with E-state index in [4.69, 9.17) is 0 Å². The smallest absolute Gasteiger partial charge is 0.115 e. The second kappa shape index (κ2) is 6.26. The second-order valence-electron chi connectivity index (χ2n) is 4.71. The second-order valence-corrected chi connectivity index (χ2v) is 4.71. The van der Waals surface area contributed by atoms with E-state index < -0.39 is 0 Å². The molecule has 18 heavy (non-hydrogen) atoms. The van der Waals surface area contributed by atoms with Gasteiger partial charge in [-0.2, -0.15) is 0 Å². The molecule has 0 amide bonds. The number of hydrogen-bond acceptors (Lipinski definition) is 2. The zero-order valence-electron chi connectivity index (χ0n) is 10.7. The highest BCUT2D eigenvalue weighted by Gasteiger charge is 2.02. The standard InChI is InChI=1S/C15H20N2O/c1-12(17-11-14-8-9-16-10-14)2-3-13-4-6-15(18)7-5-13/h4-10,12,16-18H,2-3,11H2,1H3. The number of aromatic amines is 1. The Kier molecular flexibility index (Phi) is 4.42. The molecule has 1 heterocycles. The van der Waals surface area contributed by atoms with Crippen LogP contribution < -0.4 is 5.32 Å². The van der Waals surface area contributed by atoms with E-state index in [1.54, 1.807) is 12.1 Å². The molecule has 0 aliphatic rings. The summed E-state index contributed by atoms with van der Waals surface area (Å²) in [6.07, 6.45) is 6.08. The van der Waals surface area contributed by atoms with Gasteiger partial charge in [0.05, 0.1) is 0 Å². The van der Waals surface area contributed by atoms with Crippen LogP contribution >= 0.6 is 0 Å². The van der Waals surface area contributed by atoms with Gasteiger partial charge in [-0.3, -0.25) is 0 Å². The summed E-state index contributed by atoms with van der Waals surface area (Å²) < 4.78 is 0. The minimum Gasteiger partial charge on any atom is -0.508 e. The molecule has 2 rings (SSSR count). The lowest BCUT2D eigenvalue weighted by molar-refractivity contribution is 0.474. The molecule has 0 fully saturated rings. The van der Waals surface area contributed by atoms with Crippen molar-refractivity contribution in [3.63, 3.8) is 0 Å². The van der Waals surface area contributed by atoms with Gasteiger partial charge >= 0.3 is 0 Å². The van der Waals surface area contributed by atoms with Crippen LogP contribution in [0, 0.1) is 0 Å². The lowest BCUT2D eigenvalue weighted by Crippen LogP contribution is -2.25. The van der Waals surface area contributed by atoms with E-state index in [2.05, 4.69) is 23.3 Å². The molecule has 96 valence electrons. The highest BCUT2D eigenvalue weighted by Crippen LogP contribution is 2.12. The third-order valence-electron chi connectivity index (χ3n) is 3.12. The third kappa shape index (κ3) is 3.93. The Hall–Kier alpha value is -1.74. The first-order valence-corrected chi connectivity index (χ1v) is 6.37. The van der Waals surface area contributed by atoms with Crippen LogP contribution in [0.3, 0.4) is 0 Å². The Balaban J connectivity index is 1.71. The van der Waals surface area contributed by atoms with Gasteiger partial charge in [0, 0.05) is 25.0 Å². The molecule has 3 heteroatoms. The number of benzene rings is 1. The number of aryl methyl sites for hydroxylation is 1. The first kappa shape index (κ1) is 12.7. The predicted octanol–water partition coefficient (Wildman–Crippen LogP) is 2.83. The summed E-state index contributed by atoms with van der Waals surface area (Å²) in [7, 11) is 0. The zero-order chi connectivity index (χ0) is 12.8. The Morgan fingerprint density at radius 3 is 2.61 bits per heavy atom. The van der Waals surface area contributed by atoms with Gasteiger partial charge in [0.1, 0.15) is 5.75 Å². The van der Waals surface area contributed by atoms with Crippen molar-refractivity contribution in [1.29, 1.82) is 0 Å². The fourth-order valence-electron chi connectivity index (χ4n) is 1.91. The van der Waals surface area contributed by atoms with E-state index in [1.807, 2.05) is 24.5 Å². The minimum atomic E-state index is 0.331. The number of rotatable bonds is 6. The summed E-state index contributed by atoms with van der Waals surface area (Å²) in [5, 5.41) is 12.7. The molecule has 3 N–H and O–H groups in total. The van der Waals surface area contributed by atoms with E-state index >= 15 is 0 Å². The van der Waals surface area contributed by atoms with Crippen molar-refractivity contribution in [3.8, 4) is 5.75 Å². The van der Waals surface area contributed by atoms with E-state index in [9.17, 15) is 5.11 Å². The Labute approximate surface area is 108 Å². The van der Waals surface area contributed by atoms with Gasteiger partial charge < -0.3 is 15.4 Å². The van der Waals surface area contributed by atoms with Crippen LogP contribution in [-0.2, 0) is 13.0 Å². The third-order valence-corrected chi connectivity index (χ3v) is 3.12. The van der Waals surface area contributed by atoms with Gasteiger partial charge in [0.2, 0.25) is 0 Å². The quantitative estimate of drug-likeness (QED) is 0.731. The van der Waals surface area contributed by atoms with Crippen molar-refractivity contribution in [1.82, 2.24) is 10.3 Å². The van der Waals surface area contributed by atoms with Gasteiger partial charge in [0.25, 0.3) is 0 Å². The average molecular weight is 244 g/mol. The lowest BCUT2D eigenvalue weighted by Gasteiger charge is -2.13. The predicted molar refractivity (Wildman–Crippen MR) is 73.5 cm³/mol. The number of hydrogen-bond donors (Lipinski definition) is 3. The molecule has 0 saturated heterocycles. The molecule has 1 unspecified atom stereocenters. The van der Waals surface area contributed by atoms with Gasteiger partial charge in [0.15, 0.2) is 0 Å². The summed E-state index contributed by atoms with van der Waals surface area (Å²) in [6.45, 7) is 3.10. The Bertz CT molecular complexity index is 448. The SMILES string of the molecule is CC(CCc1ccc(O)cc1)NCc1cc[nH]c1. The number of phenols is 1. The van der Waals surface area contributed by atoms with Crippen LogP contribution in [0.5, 0.6) is 5.75 Å².